The predicted octanol–water partition coefficient (Wildman–Crippen LogP) is 1.71. The first kappa shape index (κ1) is 9.45. The number of cyclic esters (lactones) is 1. The summed E-state index contributed by atoms with van der Waals surface area (Å²) in [5.41, 5.74) is 0.747. The summed E-state index contributed by atoms with van der Waals surface area (Å²) < 4.78 is 4.75. The first-order valence-electron chi connectivity index (χ1n) is 4.44. The zero-order valence-corrected chi connectivity index (χ0v) is 8.10. The number of carbonyl (C=O) groups excluding carboxylic acids is 1. The third-order valence-electron chi connectivity index (χ3n) is 1.96. The summed E-state index contributed by atoms with van der Waals surface area (Å²) >= 11 is 0. The van der Waals surface area contributed by atoms with E-state index in [4.69, 9.17) is 4.74 Å². The maximum absolute atomic E-state index is 11.2. The topological polar surface area (TPSA) is 58.9 Å². The number of carbonyl (C=O) groups is 1. The van der Waals surface area contributed by atoms with Crippen LogP contribution in [-0.2, 0) is 9.53 Å². The lowest BCUT2D eigenvalue weighted by atomic mass is 10.2. The number of ether oxygens (including phenoxy) is 1. The second kappa shape index (κ2) is 3.57. The van der Waals surface area contributed by atoms with Crippen molar-refractivity contribution in [1.82, 2.24) is 0 Å². The van der Waals surface area contributed by atoms with Gasteiger partial charge in [-0.05, 0) is 12.1 Å². The van der Waals surface area contributed by atoms with Crippen molar-refractivity contribution in [2.45, 2.75) is 6.92 Å². The lowest BCUT2D eigenvalue weighted by Crippen LogP contribution is -1.99. The molecule has 0 aromatic heterocycles. The molecule has 15 heavy (non-hydrogen) atoms. The molecule has 0 aliphatic carbocycles. The van der Waals surface area contributed by atoms with E-state index < -0.39 is 5.97 Å². The maximum atomic E-state index is 11.2. The highest BCUT2D eigenvalue weighted by Crippen LogP contribution is 2.21. The van der Waals surface area contributed by atoms with Crippen LogP contribution in [0.2, 0.25) is 0 Å². The van der Waals surface area contributed by atoms with Crippen LogP contribution in [0.1, 0.15) is 12.5 Å². The van der Waals surface area contributed by atoms with Crippen molar-refractivity contribution in [3.8, 4) is 5.75 Å². The molecule has 1 aromatic rings. The largest absolute Gasteiger partial charge is 0.507 e. The van der Waals surface area contributed by atoms with E-state index in [0.29, 0.717) is 11.5 Å². The lowest BCUT2D eigenvalue weighted by Gasteiger charge is -1.97. The van der Waals surface area contributed by atoms with Crippen LogP contribution >= 0.6 is 0 Å². The summed E-state index contributed by atoms with van der Waals surface area (Å²) in [4.78, 5) is 15.1. The molecule has 1 aliphatic heterocycles. The van der Waals surface area contributed by atoms with Gasteiger partial charge >= 0.3 is 5.97 Å². The molecule has 0 atom stereocenters. The fraction of sp³-hybridized carbons (Fsp3) is 0.0909. The molecule has 0 spiro atoms. The lowest BCUT2D eigenvalue weighted by molar-refractivity contribution is -0.130. The molecule has 4 nitrogen and oxygen atoms in total. The summed E-state index contributed by atoms with van der Waals surface area (Å²) in [6, 6.07) is 6.71. The SMILES string of the molecule is CC1=NC(=Cc2ccccc2O)C(=O)O1. The van der Waals surface area contributed by atoms with Crippen LogP contribution in [0.15, 0.2) is 35.0 Å². The number of aliphatic imine (C=N–C) groups is 1. The van der Waals surface area contributed by atoms with E-state index in [1.807, 2.05) is 0 Å². The number of para-hydroxylation sites is 1. The van der Waals surface area contributed by atoms with E-state index in [-0.39, 0.29) is 11.4 Å². The molecule has 0 saturated heterocycles. The molecule has 4 heteroatoms. The molecule has 0 saturated carbocycles. The summed E-state index contributed by atoms with van der Waals surface area (Å²) in [6.45, 7) is 1.60. The minimum atomic E-state index is -0.490. The van der Waals surface area contributed by atoms with Gasteiger partial charge in [0.2, 0.25) is 0 Å². The van der Waals surface area contributed by atoms with Crippen molar-refractivity contribution in [2.75, 3.05) is 0 Å². The molecular formula is C11H9NO3. The number of benzene rings is 1. The van der Waals surface area contributed by atoms with E-state index in [2.05, 4.69) is 4.99 Å². The second-order valence-electron chi connectivity index (χ2n) is 3.11. The molecule has 2 rings (SSSR count). The number of nitrogens with zero attached hydrogens (tertiary/aromatic N) is 1. The highest BCUT2D eigenvalue weighted by molar-refractivity contribution is 6.06. The van der Waals surface area contributed by atoms with E-state index in [0.717, 1.165) is 0 Å². The minimum Gasteiger partial charge on any atom is -0.507 e. The van der Waals surface area contributed by atoms with Gasteiger partial charge in [-0.15, -0.1) is 0 Å². The molecule has 1 aliphatic rings. The standard InChI is InChI=1S/C11H9NO3/c1-7-12-9(11(14)15-7)6-8-4-2-3-5-10(8)13/h2-6,13H,1H3. The van der Waals surface area contributed by atoms with Crippen molar-refractivity contribution >= 4 is 17.9 Å². The molecule has 1 N–H and O–H groups in total. The van der Waals surface area contributed by atoms with Crippen LogP contribution in [-0.4, -0.2) is 17.0 Å². The zero-order chi connectivity index (χ0) is 10.8. The molecule has 0 unspecified atom stereocenters. The van der Waals surface area contributed by atoms with Gasteiger partial charge in [0, 0.05) is 12.5 Å². The van der Waals surface area contributed by atoms with E-state index in [1.54, 1.807) is 31.2 Å². The highest BCUT2D eigenvalue weighted by Gasteiger charge is 2.19. The van der Waals surface area contributed by atoms with Crippen LogP contribution in [0.25, 0.3) is 6.08 Å². The Balaban J connectivity index is 2.39. The fourth-order valence-corrected chi connectivity index (χ4v) is 1.27. The highest BCUT2D eigenvalue weighted by atomic mass is 16.6. The molecule has 0 radical (unpaired) electrons. The molecule has 0 bridgehead atoms. The third kappa shape index (κ3) is 1.88. The molecule has 1 aromatic carbocycles. The molecule has 76 valence electrons. The number of hydrogen-bond acceptors (Lipinski definition) is 4. The number of phenols is 1. The van der Waals surface area contributed by atoms with E-state index in [1.165, 1.54) is 6.08 Å². The Morgan fingerprint density at radius 3 is 2.73 bits per heavy atom. The van der Waals surface area contributed by atoms with Crippen LogP contribution in [0.4, 0.5) is 0 Å². The minimum absolute atomic E-state index is 0.109. The molecule has 0 fully saturated rings. The summed E-state index contributed by atoms with van der Waals surface area (Å²) in [7, 11) is 0. The monoisotopic (exact) mass is 203 g/mol. The first-order valence-corrected chi connectivity index (χ1v) is 4.44. The summed E-state index contributed by atoms with van der Waals surface area (Å²) in [5, 5.41) is 9.48. The van der Waals surface area contributed by atoms with Gasteiger partial charge in [-0.2, -0.15) is 0 Å². The Morgan fingerprint density at radius 2 is 2.13 bits per heavy atom. The number of rotatable bonds is 1. The van der Waals surface area contributed by atoms with Crippen LogP contribution in [0, 0.1) is 0 Å². The van der Waals surface area contributed by atoms with Crippen molar-refractivity contribution in [3.63, 3.8) is 0 Å². The maximum Gasteiger partial charge on any atom is 0.363 e. The molecule has 0 amide bonds. The quantitative estimate of drug-likeness (QED) is 0.558. The van der Waals surface area contributed by atoms with E-state index in [9.17, 15) is 9.90 Å². The second-order valence-corrected chi connectivity index (χ2v) is 3.11. The summed E-state index contributed by atoms with van der Waals surface area (Å²) in [6.07, 6.45) is 1.49. The Labute approximate surface area is 86.5 Å². The number of aromatic hydroxyl groups is 1. The van der Waals surface area contributed by atoms with Gasteiger partial charge in [-0.1, -0.05) is 18.2 Å². The molecular weight excluding hydrogens is 194 g/mol. The number of hydrogen-bond donors (Lipinski definition) is 1. The fourth-order valence-electron chi connectivity index (χ4n) is 1.27. The van der Waals surface area contributed by atoms with Gasteiger partial charge in [-0.25, -0.2) is 9.79 Å². The van der Waals surface area contributed by atoms with Crippen LogP contribution in [0.5, 0.6) is 5.75 Å². The van der Waals surface area contributed by atoms with Crippen molar-refractivity contribution in [3.05, 3.63) is 35.5 Å². The Hall–Kier alpha value is -2.10. The normalized spacial score (nSPS) is 17.8. The number of phenolic OH excluding ortho intramolecular Hbond substituents is 1. The van der Waals surface area contributed by atoms with Gasteiger partial charge < -0.3 is 9.84 Å². The summed E-state index contributed by atoms with van der Waals surface area (Å²) in [5.74, 6) is -0.0602. The van der Waals surface area contributed by atoms with E-state index >= 15 is 0 Å². The third-order valence-corrected chi connectivity index (χ3v) is 1.96. The first-order chi connectivity index (χ1) is 7.16. The average Bonchev–Trinajstić information content (AvgIpc) is 2.49. The van der Waals surface area contributed by atoms with Crippen LogP contribution in [0.3, 0.4) is 0 Å². The predicted molar refractivity (Wildman–Crippen MR) is 55.3 cm³/mol. The van der Waals surface area contributed by atoms with Gasteiger partial charge in [0.1, 0.15) is 5.75 Å². The van der Waals surface area contributed by atoms with Crippen molar-refractivity contribution < 1.29 is 14.6 Å². The van der Waals surface area contributed by atoms with Gasteiger partial charge in [0.25, 0.3) is 0 Å². The van der Waals surface area contributed by atoms with Gasteiger partial charge in [-0.3, -0.25) is 0 Å². The smallest absolute Gasteiger partial charge is 0.363 e. The van der Waals surface area contributed by atoms with Crippen LogP contribution < -0.4 is 0 Å². The van der Waals surface area contributed by atoms with Crippen molar-refractivity contribution in [1.29, 1.82) is 0 Å². The Bertz CT molecular complexity index is 474. The zero-order valence-electron chi connectivity index (χ0n) is 8.10. The average molecular weight is 203 g/mol. The molecule has 1 heterocycles. The van der Waals surface area contributed by atoms with Gasteiger partial charge in [0.15, 0.2) is 11.6 Å². The Morgan fingerprint density at radius 1 is 1.40 bits per heavy atom. The Kier molecular flexibility index (Phi) is 2.25. The number of esters is 1. The van der Waals surface area contributed by atoms with Crippen molar-refractivity contribution in [2.24, 2.45) is 4.99 Å². The van der Waals surface area contributed by atoms with Gasteiger partial charge in [0.05, 0.1) is 0 Å².